The first-order chi connectivity index (χ1) is 10.8. The number of aryl methyl sites for hydroxylation is 2. The number of nitrogens with zero attached hydrogens (tertiary/aromatic N) is 3. The van der Waals surface area contributed by atoms with E-state index in [1.807, 2.05) is 22.2 Å². The Labute approximate surface area is 155 Å². The minimum atomic E-state index is 0. The third kappa shape index (κ3) is 3.50. The Morgan fingerprint density at radius 1 is 1.35 bits per heavy atom. The van der Waals surface area contributed by atoms with Gasteiger partial charge >= 0.3 is 0 Å². The molecule has 0 aliphatic heterocycles. The normalized spacial score (nSPS) is 13.8. The Morgan fingerprint density at radius 2 is 2.22 bits per heavy atom. The Hall–Kier alpha value is -1.61. The molecule has 5 nitrogen and oxygen atoms in total. The first kappa shape index (κ1) is 16.3. The molecular weight excluding hydrogens is 421 g/mol. The van der Waals surface area contributed by atoms with Gasteiger partial charge in [-0.3, -0.25) is 4.40 Å². The molecular formula is C16H18IN5S. The molecule has 1 aliphatic carbocycles. The highest BCUT2D eigenvalue weighted by Crippen LogP contribution is 2.24. The maximum absolute atomic E-state index is 5.98. The number of fused-ring (bicyclic) bond motifs is 2. The molecule has 3 N–H and O–H groups in total. The molecule has 0 saturated carbocycles. The first-order valence-electron chi connectivity index (χ1n) is 7.38. The Bertz CT molecular complexity index is 823. The lowest BCUT2D eigenvalue weighted by Crippen LogP contribution is -2.22. The van der Waals surface area contributed by atoms with Crippen molar-refractivity contribution in [3.8, 4) is 0 Å². The van der Waals surface area contributed by atoms with Crippen LogP contribution in [0.25, 0.3) is 4.96 Å². The molecule has 23 heavy (non-hydrogen) atoms. The van der Waals surface area contributed by atoms with E-state index in [1.54, 1.807) is 11.3 Å². The summed E-state index contributed by atoms with van der Waals surface area (Å²) >= 11 is 1.61. The number of anilines is 1. The first-order valence-corrected chi connectivity index (χ1v) is 8.26. The van der Waals surface area contributed by atoms with Gasteiger partial charge in [0.1, 0.15) is 0 Å². The van der Waals surface area contributed by atoms with Gasteiger partial charge in [-0.2, -0.15) is 0 Å². The van der Waals surface area contributed by atoms with Crippen LogP contribution >= 0.6 is 35.3 Å². The second-order valence-corrected chi connectivity index (χ2v) is 6.36. The number of nitrogens with one attached hydrogen (secondary N) is 1. The molecule has 120 valence electrons. The molecule has 0 unspecified atom stereocenters. The van der Waals surface area contributed by atoms with Crippen LogP contribution in [0.1, 0.15) is 23.2 Å². The number of hydrogen-bond acceptors (Lipinski definition) is 3. The molecule has 2 heterocycles. The minimum absolute atomic E-state index is 0. The Balaban J connectivity index is 0.00000156. The summed E-state index contributed by atoms with van der Waals surface area (Å²) in [6, 6.07) is 6.43. The van der Waals surface area contributed by atoms with Crippen molar-refractivity contribution < 1.29 is 0 Å². The minimum Gasteiger partial charge on any atom is -0.370 e. The second-order valence-electron chi connectivity index (χ2n) is 5.49. The number of guanidine groups is 1. The van der Waals surface area contributed by atoms with Gasteiger partial charge in [0.15, 0.2) is 10.9 Å². The molecule has 3 aromatic rings. The topological polar surface area (TPSA) is 67.7 Å². The summed E-state index contributed by atoms with van der Waals surface area (Å²) in [6.45, 7) is 0.484. The SMILES string of the molecule is I.NC(=NCc1cn2ccsc2n1)Nc1ccc2c(c1)CCC2. The molecule has 1 aromatic carbocycles. The summed E-state index contributed by atoms with van der Waals surface area (Å²) in [7, 11) is 0. The van der Waals surface area contributed by atoms with Gasteiger partial charge in [-0.1, -0.05) is 6.07 Å². The quantitative estimate of drug-likeness (QED) is 0.373. The summed E-state index contributed by atoms with van der Waals surface area (Å²) in [5, 5.41) is 5.18. The van der Waals surface area contributed by atoms with Gasteiger partial charge in [0.05, 0.1) is 12.2 Å². The standard InChI is InChI=1S/C16H17N5S.HI/c17-15(18-9-14-10-21-6-7-22-16(21)20-14)19-13-5-4-11-2-1-3-12(11)8-13;/h4-8,10H,1-3,9H2,(H3,17,18,19);1H. The molecule has 4 rings (SSSR count). The van der Waals surface area contributed by atoms with Crippen molar-refractivity contribution in [1.82, 2.24) is 9.38 Å². The van der Waals surface area contributed by atoms with E-state index >= 15 is 0 Å². The summed E-state index contributed by atoms with van der Waals surface area (Å²) < 4.78 is 2.00. The van der Waals surface area contributed by atoms with Crippen LogP contribution in [0.2, 0.25) is 0 Å². The lowest BCUT2D eigenvalue weighted by molar-refractivity contribution is 0.912. The van der Waals surface area contributed by atoms with Crippen LogP contribution in [0.5, 0.6) is 0 Å². The highest BCUT2D eigenvalue weighted by atomic mass is 127. The highest BCUT2D eigenvalue weighted by molar-refractivity contribution is 14.0. The number of aliphatic imine (C=N–C) groups is 1. The van der Waals surface area contributed by atoms with Crippen molar-refractivity contribution in [2.45, 2.75) is 25.8 Å². The number of benzene rings is 1. The number of aromatic nitrogens is 2. The fourth-order valence-electron chi connectivity index (χ4n) is 2.86. The maximum atomic E-state index is 5.98. The van der Waals surface area contributed by atoms with Crippen LogP contribution < -0.4 is 11.1 Å². The van der Waals surface area contributed by atoms with Crippen LogP contribution in [-0.4, -0.2) is 15.3 Å². The van der Waals surface area contributed by atoms with E-state index in [4.69, 9.17) is 5.73 Å². The monoisotopic (exact) mass is 439 g/mol. The van der Waals surface area contributed by atoms with E-state index in [0.717, 1.165) is 22.8 Å². The molecule has 0 bridgehead atoms. The fourth-order valence-corrected chi connectivity index (χ4v) is 3.57. The van der Waals surface area contributed by atoms with Crippen molar-refractivity contribution in [2.24, 2.45) is 10.7 Å². The number of thiazole rings is 1. The second kappa shape index (κ2) is 6.88. The molecule has 1 aliphatic rings. The summed E-state index contributed by atoms with van der Waals surface area (Å²) in [6.07, 6.45) is 7.58. The zero-order valence-corrected chi connectivity index (χ0v) is 15.7. The average Bonchev–Trinajstić information content (AvgIpc) is 3.19. The zero-order chi connectivity index (χ0) is 14.9. The van der Waals surface area contributed by atoms with E-state index < -0.39 is 0 Å². The van der Waals surface area contributed by atoms with Crippen LogP contribution in [0.4, 0.5) is 5.69 Å². The van der Waals surface area contributed by atoms with Gasteiger partial charge in [0.25, 0.3) is 0 Å². The van der Waals surface area contributed by atoms with Crippen molar-refractivity contribution in [3.05, 3.63) is 52.8 Å². The lowest BCUT2D eigenvalue weighted by atomic mass is 10.1. The third-order valence-electron chi connectivity index (χ3n) is 3.93. The van der Waals surface area contributed by atoms with Crippen molar-refractivity contribution in [3.63, 3.8) is 0 Å². The van der Waals surface area contributed by atoms with Crippen molar-refractivity contribution >= 4 is 51.9 Å². The number of nitrogens with two attached hydrogens (primary N) is 1. The highest BCUT2D eigenvalue weighted by Gasteiger charge is 2.10. The van der Waals surface area contributed by atoms with Gasteiger partial charge in [-0.15, -0.1) is 35.3 Å². The predicted octanol–water partition coefficient (Wildman–Crippen LogP) is 3.43. The van der Waals surface area contributed by atoms with Crippen LogP contribution in [0.3, 0.4) is 0 Å². The van der Waals surface area contributed by atoms with Gasteiger partial charge in [-0.25, -0.2) is 9.98 Å². The number of imidazole rings is 1. The molecule has 0 saturated heterocycles. The predicted molar refractivity (Wildman–Crippen MR) is 106 cm³/mol. The van der Waals surface area contributed by atoms with Crippen LogP contribution in [0, 0.1) is 0 Å². The zero-order valence-electron chi connectivity index (χ0n) is 12.5. The average molecular weight is 439 g/mol. The largest absolute Gasteiger partial charge is 0.370 e. The van der Waals surface area contributed by atoms with Gasteiger partial charge < -0.3 is 11.1 Å². The molecule has 0 amide bonds. The number of rotatable bonds is 3. The van der Waals surface area contributed by atoms with E-state index in [-0.39, 0.29) is 24.0 Å². The van der Waals surface area contributed by atoms with Gasteiger partial charge in [0, 0.05) is 23.5 Å². The molecule has 0 spiro atoms. The lowest BCUT2D eigenvalue weighted by Gasteiger charge is -2.07. The van der Waals surface area contributed by atoms with Crippen LogP contribution in [-0.2, 0) is 19.4 Å². The molecule has 7 heteroatoms. The third-order valence-corrected chi connectivity index (χ3v) is 4.70. The van der Waals surface area contributed by atoms with E-state index in [0.29, 0.717) is 12.5 Å². The summed E-state index contributed by atoms with van der Waals surface area (Å²) in [4.78, 5) is 9.84. The van der Waals surface area contributed by atoms with Gasteiger partial charge in [-0.05, 0) is 42.5 Å². The maximum Gasteiger partial charge on any atom is 0.193 e. The van der Waals surface area contributed by atoms with Crippen molar-refractivity contribution in [2.75, 3.05) is 5.32 Å². The molecule has 0 radical (unpaired) electrons. The van der Waals surface area contributed by atoms with E-state index in [9.17, 15) is 0 Å². The Kier molecular flexibility index (Phi) is 4.86. The molecule has 2 aromatic heterocycles. The molecule has 0 atom stereocenters. The van der Waals surface area contributed by atoms with Gasteiger partial charge in [0.2, 0.25) is 0 Å². The van der Waals surface area contributed by atoms with E-state index in [1.165, 1.54) is 24.0 Å². The summed E-state index contributed by atoms with van der Waals surface area (Å²) in [5.74, 6) is 0.425. The smallest absolute Gasteiger partial charge is 0.193 e. The van der Waals surface area contributed by atoms with E-state index in [2.05, 4.69) is 33.5 Å². The fraction of sp³-hybridized carbons (Fsp3) is 0.250. The Morgan fingerprint density at radius 3 is 3.09 bits per heavy atom. The number of halogens is 1. The number of hydrogen-bond donors (Lipinski definition) is 2. The summed E-state index contributed by atoms with van der Waals surface area (Å²) in [5.41, 5.74) is 10.8. The van der Waals surface area contributed by atoms with Crippen molar-refractivity contribution in [1.29, 1.82) is 0 Å². The van der Waals surface area contributed by atoms with Crippen LogP contribution in [0.15, 0.2) is 41.0 Å². The molecule has 0 fully saturated rings.